The van der Waals surface area contributed by atoms with Crippen molar-refractivity contribution in [1.29, 1.82) is 0 Å². The number of fused-ring (bicyclic) bond motifs is 1. The quantitative estimate of drug-likeness (QED) is 0.272. The number of nitrogens with zero attached hydrogens (tertiary/aromatic N) is 3. The Balaban J connectivity index is 1.14. The molecule has 0 radical (unpaired) electrons. The first-order chi connectivity index (χ1) is 19.5. The third-order valence-electron chi connectivity index (χ3n) is 6.96. The Morgan fingerprint density at radius 1 is 1.07 bits per heavy atom. The van der Waals surface area contributed by atoms with E-state index in [0.29, 0.717) is 29.5 Å². The van der Waals surface area contributed by atoms with Crippen LogP contribution in [-0.2, 0) is 22.6 Å². The number of carbonyl (C=O) groups is 2. The zero-order valence-corrected chi connectivity index (χ0v) is 22.9. The molecule has 1 fully saturated rings. The van der Waals surface area contributed by atoms with Gasteiger partial charge in [-0.25, -0.2) is 9.37 Å². The molecule has 1 aliphatic carbocycles. The van der Waals surface area contributed by atoms with Crippen molar-refractivity contribution < 1.29 is 18.7 Å². The molecular formula is C29H32FN5O4S. The molecule has 0 bridgehead atoms. The highest BCUT2D eigenvalue weighted by Crippen LogP contribution is 2.36. The van der Waals surface area contributed by atoms with Crippen LogP contribution in [0.5, 0.6) is 5.75 Å². The van der Waals surface area contributed by atoms with Crippen LogP contribution >= 0.6 is 11.8 Å². The molecule has 0 atom stereocenters. The van der Waals surface area contributed by atoms with Crippen LogP contribution in [0.15, 0.2) is 64.5 Å². The number of amides is 2. The average Bonchev–Trinajstić information content (AvgIpc) is 2.94. The summed E-state index contributed by atoms with van der Waals surface area (Å²) >= 11 is 1.67. The molecule has 210 valence electrons. The molecule has 9 nitrogen and oxygen atoms in total. The molecule has 0 saturated heterocycles. The molecule has 3 aromatic rings. The molecule has 5 rings (SSSR count). The second-order valence-electron chi connectivity index (χ2n) is 9.79. The topological polar surface area (TPSA) is 106 Å². The number of para-hydroxylation sites is 1. The van der Waals surface area contributed by atoms with Crippen molar-refractivity contribution in [2.24, 2.45) is 0 Å². The molecule has 40 heavy (non-hydrogen) atoms. The Morgan fingerprint density at radius 3 is 2.58 bits per heavy atom. The first kappa shape index (κ1) is 27.9. The van der Waals surface area contributed by atoms with Crippen LogP contribution in [0.25, 0.3) is 5.69 Å². The van der Waals surface area contributed by atoms with Crippen LogP contribution in [0.4, 0.5) is 4.39 Å². The van der Waals surface area contributed by atoms with Gasteiger partial charge in [0.1, 0.15) is 18.2 Å². The van der Waals surface area contributed by atoms with Gasteiger partial charge >= 0.3 is 0 Å². The number of hydrogen-bond acceptors (Lipinski definition) is 7. The van der Waals surface area contributed by atoms with Crippen molar-refractivity contribution in [3.05, 3.63) is 82.0 Å². The largest absolute Gasteiger partial charge is 0.492 e. The van der Waals surface area contributed by atoms with Gasteiger partial charge in [0.15, 0.2) is 5.16 Å². The smallest absolute Gasteiger partial charge is 0.264 e. The number of aromatic nitrogens is 2. The molecule has 0 spiro atoms. The maximum absolute atomic E-state index is 13.7. The number of benzene rings is 2. The van der Waals surface area contributed by atoms with Gasteiger partial charge in [0, 0.05) is 18.2 Å². The zero-order valence-electron chi connectivity index (χ0n) is 22.1. The van der Waals surface area contributed by atoms with Crippen molar-refractivity contribution in [3.8, 4) is 11.4 Å². The van der Waals surface area contributed by atoms with E-state index < -0.39 is 0 Å². The molecule has 1 aromatic heterocycles. The lowest BCUT2D eigenvalue weighted by molar-refractivity contribution is -0.131. The number of thioether (sulfide) groups is 1. The van der Waals surface area contributed by atoms with E-state index in [1.54, 1.807) is 21.2 Å². The molecule has 2 aliphatic rings. The van der Waals surface area contributed by atoms with E-state index in [2.05, 4.69) is 10.6 Å². The van der Waals surface area contributed by atoms with Gasteiger partial charge in [0.2, 0.25) is 11.8 Å². The van der Waals surface area contributed by atoms with Gasteiger partial charge < -0.3 is 15.0 Å². The lowest BCUT2D eigenvalue weighted by Gasteiger charge is -2.30. The minimum atomic E-state index is -0.344. The van der Waals surface area contributed by atoms with Gasteiger partial charge in [0.05, 0.1) is 43.1 Å². The lowest BCUT2D eigenvalue weighted by Crippen LogP contribution is -2.46. The summed E-state index contributed by atoms with van der Waals surface area (Å²) in [7, 11) is 0. The van der Waals surface area contributed by atoms with Crippen molar-refractivity contribution in [2.45, 2.75) is 42.6 Å². The van der Waals surface area contributed by atoms with Crippen molar-refractivity contribution in [1.82, 2.24) is 25.1 Å². The van der Waals surface area contributed by atoms with Crippen LogP contribution in [0.3, 0.4) is 0 Å². The SMILES string of the molecule is O=C(CNCC(=O)N1CCc2nc(SC3CCC3)n(-c3ccccc3)c(=O)c2C1)NCCOc1ccc(F)cc1. The predicted octanol–water partition coefficient (Wildman–Crippen LogP) is 2.69. The van der Waals surface area contributed by atoms with E-state index in [1.165, 1.54) is 30.7 Å². The minimum Gasteiger partial charge on any atom is -0.492 e. The summed E-state index contributed by atoms with van der Waals surface area (Å²) in [5, 5.41) is 6.78. The second-order valence-corrected chi connectivity index (χ2v) is 11.1. The molecule has 2 heterocycles. The monoisotopic (exact) mass is 565 g/mol. The molecule has 2 N–H and O–H groups in total. The Bertz CT molecular complexity index is 1400. The molecule has 2 amide bonds. The van der Waals surface area contributed by atoms with Gasteiger partial charge in [-0.05, 0) is 49.2 Å². The number of carbonyl (C=O) groups excluding carboxylic acids is 2. The maximum atomic E-state index is 13.7. The fraction of sp³-hybridized carbons (Fsp3) is 0.379. The molecule has 11 heteroatoms. The van der Waals surface area contributed by atoms with E-state index in [1.807, 2.05) is 30.3 Å². The molecule has 2 aromatic carbocycles. The molecule has 1 aliphatic heterocycles. The third-order valence-corrected chi connectivity index (χ3v) is 8.25. The standard InChI is InChI=1S/C29H32FN5O4S/c30-20-9-11-22(12-10-20)39-16-14-32-26(36)17-31-18-27(37)34-15-13-25-24(19-34)28(38)35(21-5-2-1-3-6-21)29(33-25)40-23-7-4-8-23/h1-3,5-6,9-12,23,31H,4,7-8,13-19H2,(H,32,36). The highest BCUT2D eigenvalue weighted by atomic mass is 32.2. The van der Waals surface area contributed by atoms with E-state index >= 15 is 0 Å². The first-order valence-corrected chi connectivity index (χ1v) is 14.4. The number of rotatable bonds is 11. The number of hydrogen-bond donors (Lipinski definition) is 2. The van der Waals surface area contributed by atoms with E-state index in [0.717, 1.165) is 29.4 Å². The maximum Gasteiger partial charge on any atom is 0.264 e. The molecular weight excluding hydrogens is 533 g/mol. The number of nitrogens with one attached hydrogen (secondary N) is 2. The van der Waals surface area contributed by atoms with Gasteiger partial charge in [-0.15, -0.1) is 0 Å². The van der Waals surface area contributed by atoms with E-state index in [9.17, 15) is 18.8 Å². The zero-order chi connectivity index (χ0) is 27.9. The number of ether oxygens (including phenoxy) is 1. The van der Waals surface area contributed by atoms with Gasteiger partial charge in [0.25, 0.3) is 5.56 Å². The normalized spacial score (nSPS) is 14.8. The predicted molar refractivity (Wildman–Crippen MR) is 150 cm³/mol. The van der Waals surface area contributed by atoms with Crippen molar-refractivity contribution >= 4 is 23.6 Å². The fourth-order valence-corrected chi connectivity index (χ4v) is 5.86. The summed E-state index contributed by atoms with van der Waals surface area (Å²) in [5.74, 6) is -0.285. The van der Waals surface area contributed by atoms with Gasteiger partial charge in [-0.3, -0.25) is 24.3 Å². The summed E-state index contributed by atoms with van der Waals surface area (Å²) in [6.45, 7) is 1.11. The summed E-state index contributed by atoms with van der Waals surface area (Å²) in [6, 6.07) is 15.1. The Kier molecular flexibility index (Phi) is 9.12. The summed E-state index contributed by atoms with van der Waals surface area (Å²) in [4.78, 5) is 45.3. The van der Waals surface area contributed by atoms with Crippen LogP contribution in [-0.4, -0.2) is 64.3 Å². The van der Waals surface area contributed by atoms with Crippen LogP contribution in [0, 0.1) is 5.82 Å². The van der Waals surface area contributed by atoms with Crippen molar-refractivity contribution in [2.75, 3.05) is 32.8 Å². The summed E-state index contributed by atoms with van der Waals surface area (Å²) in [6.07, 6.45) is 3.97. The third kappa shape index (κ3) is 6.89. The first-order valence-electron chi connectivity index (χ1n) is 13.5. The molecule has 1 saturated carbocycles. The van der Waals surface area contributed by atoms with Crippen LogP contribution in [0.2, 0.25) is 0 Å². The Morgan fingerprint density at radius 2 is 1.85 bits per heavy atom. The van der Waals surface area contributed by atoms with Crippen LogP contribution < -0.4 is 20.9 Å². The lowest BCUT2D eigenvalue weighted by atomic mass is 10.0. The highest BCUT2D eigenvalue weighted by Gasteiger charge is 2.28. The number of halogens is 1. The second kappa shape index (κ2) is 13.1. The van der Waals surface area contributed by atoms with E-state index in [-0.39, 0.29) is 56.0 Å². The van der Waals surface area contributed by atoms with Gasteiger partial charge in [-0.2, -0.15) is 0 Å². The van der Waals surface area contributed by atoms with Gasteiger partial charge in [-0.1, -0.05) is 36.4 Å². The summed E-state index contributed by atoms with van der Waals surface area (Å²) in [5.41, 5.74) is 1.94. The van der Waals surface area contributed by atoms with E-state index in [4.69, 9.17) is 9.72 Å². The summed E-state index contributed by atoms with van der Waals surface area (Å²) < 4.78 is 20.1. The van der Waals surface area contributed by atoms with Crippen molar-refractivity contribution in [3.63, 3.8) is 0 Å². The Hall–Kier alpha value is -3.70. The minimum absolute atomic E-state index is 0.0231. The average molecular weight is 566 g/mol. The molecule has 0 unspecified atom stereocenters. The fourth-order valence-electron chi connectivity index (χ4n) is 4.54. The van der Waals surface area contributed by atoms with Crippen LogP contribution in [0.1, 0.15) is 30.5 Å². The highest BCUT2D eigenvalue weighted by molar-refractivity contribution is 7.99. The Labute approximate surface area is 236 Å².